The van der Waals surface area contributed by atoms with E-state index in [1.54, 1.807) is 21.5 Å². The van der Waals surface area contributed by atoms with Crippen LogP contribution < -0.4 is 35.2 Å². The van der Waals surface area contributed by atoms with Crippen LogP contribution in [0.3, 0.4) is 0 Å². The minimum absolute atomic E-state index is 0. The van der Waals surface area contributed by atoms with Crippen molar-refractivity contribution in [2.24, 2.45) is 5.92 Å². The molecule has 1 heterocycles. The summed E-state index contributed by atoms with van der Waals surface area (Å²) in [5, 5.41) is 3.17. The Balaban J connectivity index is 0.00000120. The third-order valence-electron chi connectivity index (χ3n) is 7.37. The standard InChI is InChI=1S/C24H24ClSi.2ClH.Hf/c1-6-26(25)23-20-11-17-9-7-8-10-18(17)19(20)12-21(24(23)26)22-15(4)13(2)14(3)16(22)5;;;/h7-12,15H,6H2,1-5H3;2*1H;/q;;;+2/p-2. The second-order valence-electron chi connectivity index (χ2n) is 8.38. The Morgan fingerprint density at radius 3 is 2.21 bits per heavy atom. The van der Waals surface area contributed by atoms with Crippen molar-refractivity contribution in [1.29, 1.82) is 0 Å². The van der Waals surface area contributed by atoms with Crippen molar-refractivity contribution >= 4 is 34.4 Å². The van der Waals surface area contributed by atoms with E-state index in [1.165, 1.54) is 39.0 Å². The zero-order valence-electron chi connectivity index (χ0n) is 17.4. The van der Waals surface area contributed by atoms with Gasteiger partial charge in [-0.25, -0.2) is 0 Å². The summed E-state index contributed by atoms with van der Waals surface area (Å²) < 4.78 is 0.608. The van der Waals surface area contributed by atoms with Crippen molar-refractivity contribution in [3.05, 3.63) is 63.7 Å². The maximum Gasteiger partial charge on any atom is -1.00 e. The molecule has 0 N–H and O–H groups in total. The Kier molecular flexibility index (Phi) is 6.31. The molecule has 5 heteroatoms. The van der Waals surface area contributed by atoms with Crippen LogP contribution >= 0.6 is 11.1 Å². The van der Waals surface area contributed by atoms with Crippen molar-refractivity contribution < 1.29 is 49.2 Å². The first-order valence-corrected chi connectivity index (χ1v) is 15.2. The Morgan fingerprint density at radius 2 is 1.62 bits per heavy atom. The number of rotatable bonds is 2. The van der Waals surface area contributed by atoms with Crippen LogP contribution in [0.1, 0.15) is 55.0 Å². The van der Waals surface area contributed by atoms with Crippen LogP contribution in [0, 0.1) is 5.92 Å². The average Bonchev–Trinajstić information content (AvgIpc) is 3.14. The third-order valence-corrected chi connectivity index (χ3v) is 14.8. The predicted molar refractivity (Wildman–Crippen MR) is 115 cm³/mol. The van der Waals surface area contributed by atoms with Gasteiger partial charge in [0.15, 0.2) is 0 Å². The Bertz CT molecular complexity index is 1100. The van der Waals surface area contributed by atoms with E-state index >= 15 is 0 Å². The molecule has 0 aromatic heterocycles. The van der Waals surface area contributed by atoms with Crippen LogP contribution in [0.15, 0.2) is 47.1 Å². The normalized spacial score (nSPS) is 25.9. The summed E-state index contributed by atoms with van der Waals surface area (Å²) in [5.41, 5.74) is 13.6. The van der Waals surface area contributed by atoms with Crippen molar-refractivity contribution in [3.63, 3.8) is 0 Å². The van der Waals surface area contributed by atoms with Crippen LogP contribution in [0.5, 0.6) is 0 Å². The molecule has 2 aromatic carbocycles. The van der Waals surface area contributed by atoms with E-state index in [-0.39, 0.29) is 24.8 Å². The summed E-state index contributed by atoms with van der Waals surface area (Å²) in [7, 11) is -1.93. The van der Waals surface area contributed by atoms with Crippen LogP contribution in [-0.4, -0.2) is 7.38 Å². The summed E-state index contributed by atoms with van der Waals surface area (Å²) in [5.74, 6) is 0.503. The van der Waals surface area contributed by atoms with E-state index in [1.807, 2.05) is 0 Å². The minimum atomic E-state index is -1.93. The molecule has 0 saturated carbocycles. The minimum Gasteiger partial charge on any atom is -1.00 e. The smallest absolute Gasteiger partial charge is 1.00 e. The first-order valence-electron chi connectivity index (χ1n) is 9.93. The van der Waals surface area contributed by atoms with E-state index < -0.39 is 7.38 Å². The van der Waals surface area contributed by atoms with Gasteiger partial charge in [0.1, 0.15) is 0 Å². The topological polar surface area (TPSA) is 0 Å². The molecule has 1 aliphatic heterocycles. The molecule has 0 spiro atoms. The van der Waals surface area contributed by atoms with Gasteiger partial charge in [-0.05, 0) is 0 Å². The van der Waals surface area contributed by atoms with Gasteiger partial charge in [0.25, 0.3) is 0 Å². The molecule has 29 heavy (non-hydrogen) atoms. The molecule has 0 bridgehead atoms. The van der Waals surface area contributed by atoms with Crippen LogP contribution in [-0.2, 0) is 24.4 Å². The fourth-order valence-corrected chi connectivity index (χ4v) is 12.6. The van der Waals surface area contributed by atoms with Gasteiger partial charge in [0.05, 0.1) is 0 Å². The molecule has 2 aromatic rings. The number of fused-ring (bicyclic) bond motifs is 5. The quantitative estimate of drug-likeness (QED) is 0.318. The predicted octanol–water partition coefficient (Wildman–Crippen LogP) is -0.297. The molecule has 3 aliphatic rings. The summed E-state index contributed by atoms with van der Waals surface area (Å²) in [6.07, 6.45) is 0. The number of hydrogen-bond acceptors (Lipinski definition) is 0. The molecular weight excluding hydrogens is 601 g/mol. The largest absolute Gasteiger partial charge is 1.00 e. The molecular formula is C24H24Cl3HfSi. The Hall–Kier alpha value is -0.123. The van der Waals surface area contributed by atoms with E-state index in [9.17, 15) is 0 Å². The molecule has 2 aliphatic carbocycles. The monoisotopic (exact) mass is 625 g/mol. The van der Waals surface area contributed by atoms with Gasteiger partial charge in [0, 0.05) is 0 Å². The van der Waals surface area contributed by atoms with Crippen molar-refractivity contribution in [3.8, 4) is 11.1 Å². The number of hydrogen-bond donors (Lipinski definition) is 0. The second kappa shape index (κ2) is 7.78. The number of benzene rings is 2. The van der Waals surface area contributed by atoms with Crippen molar-refractivity contribution in [2.75, 3.05) is 0 Å². The molecule has 149 valence electrons. The zero-order chi connectivity index (χ0) is 19.2. The first-order chi connectivity index (χ1) is 12.8. The molecule has 3 unspecified atom stereocenters. The van der Waals surface area contributed by atoms with E-state index in [0.29, 0.717) is 9.59 Å². The molecule has 0 fully saturated rings. The average molecular weight is 625 g/mol. The fourth-order valence-electron chi connectivity index (χ4n) is 5.46. The Morgan fingerprint density at radius 1 is 0.966 bits per heavy atom. The zero-order valence-corrected chi connectivity index (χ0v) is 24.2. The summed E-state index contributed by atoms with van der Waals surface area (Å²) in [6.45, 7) is 11.6. The SMILES string of the molecule is CC[Si]1(Cl)c2c(C3=C(C)C(C)=C(C)C3C)cc3c(c21)[CH]([Hf+2])c1ccccc1-3.[Cl-].[Cl-]. The van der Waals surface area contributed by atoms with E-state index in [0.717, 1.165) is 30.4 Å². The van der Waals surface area contributed by atoms with Crippen LogP contribution in [0.2, 0.25) is 6.04 Å². The molecule has 0 radical (unpaired) electrons. The van der Waals surface area contributed by atoms with Gasteiger partial charge >= 0.3 is 184 Å². The van der Waals surface area contributed by atoms with Gasteiger partial charge in [-0.15, -0.1) is 0 Å². The molecule has 5 rings (SSSR count). The van der Waals surface area contributed by atoms with E-state index in [2.05, 4.69) is 65.0 Å². The fraction of sp³-hybridized carbons (Fsp3) is 0.333. The molecule has 0 saturated heterocycles. The molecule has 0 amide bonds. The van der Waals surface area contributed by atoms with Crippen molar-refractivity contribution in [2.45, 2.75) is 44.3 Å². The molecule has 3 atom stereocenters. The Labute approximate surface area is 207 Å². The second-order valence-corrected chi connectivity index (χ2v) is 15.7. The van der Waals surface area contributed by atoms with Crippen molar-refractivity contribution in [1.82, 2.24) is 0 Å². The number of halogens is 3. The van der Waals surface area contributed by atoms with Gasteiger partial charge in [-0.1, -0.05) is 0 Å². The van der Waals surface area contributed by atoms with Crippen LogP contribution in [0.25, 0.3) is 16.7 Å². The summed E-state index contributed by atoms with van der Waals surface area (Å²) in [6, 6.07) is 12.7. The number of allylic oxidation sites excluding steroid dienone is 4. The summed E-state index contributed by atoms with van der Waals surface area (Å²) in [4.78, 5) is 0. The third kappa shape index (κ3) is 2.93. The summed E-state index contributed by atoms with van der Waals surface area (Å²) >= 11 is 8.54. The van der Waals surface area contributed by atoms with Gasteiger partial charge in [-0.2, -0.15) is 0 Å². The van der Waals surface area contributed by atoms with Gasteiger partial charge in [0.2, 0.25) is 0 Å². The maximum absolute atomic E-state index is 7.39. The maximum atomic E-state index is 7.39. The van der Waals surface area contributed by atoms with E-state index in [4.69, 9.17) is 11.1 Å². The van der Waals surface area contributed by atoms with Gasteiger partial charge in [-0.3, -0.25) is 0 Å². The van der Waals surface area contributed by atoms with Crippen LogP contribution in [0.4, 0.5) is 0 Å². The van der Waals surface area contributed by atoms with Gasteiger partial charge < -0.3 is 24.8 Å². The molecule has 0 nitrogen and oxygen atoms in total. The first kappa shape index (κ1) is 23.5.